The maximum Gasteiger partial charge on any atom is 0.296 e. The average Bonchev–Trinajstić information content (AvgIpc) is 2.23. The van der Waals surface area contributed by atoms with Crippen molar-refractivity contribution in [3.05, 3.63) is 18.2 Å². The lowest BCUT2D eigenvalue weighted by Gasteiger charge is -2.21. The lowest BCUT2D eigenvalue weighted by atomic mass is 10.2. The van der Waals surface area contributed by atoms with Crippen LogP contribution >= 0.6 is 0 Å². The molecule has 1 aromatic carbocycles. The third-order valence-electron chi connectivity index (χ3n) is 2.36. The van der Waals surface area contributed by atoms with Crippen LogP contribution in [-0.2, 0) is 20.2 Å². The number of nitrogens with zero attached hydrogens (tertiary/aromatic N) is 1. The Morgan fingerprint density at radius 2 is 1.79 bits per heavy atom. The van der Waals surface area contributed by atoms with Crippen LogP contribution in [0.4, 0.5) is 11.4 Å². The highest BCUT2D eigenvalue weighted by Crippen LogP contribution is 2.26. The molecule has 4 N–H and O–H groups in total. The number of nitrogens with two attached hydrogens (primary N) is 1. The van der Waals surface area contributed by atoms with Crippen LogP contribution in [0.1, 0.15) is 0 Å². The molecule has 0 unspecified atom stereocenters. The first-order valence-corrected chi connectivity index (χ1v) is 8.09. The molecule has 0 radical (unpaired) electrons. The zero-order chi connectivity index (χ0) is 14.8. The van der Waals surface area contributed by atoms with Crippen LogP contribution in [0.5, 0.6) is 0 Å². The summed E-state index contributed by atoms with van der Waals surface area (Å²) in [4.78, 5) is 0.849. The first-order chi connectivity index (χ1) is 8.50. The van der Waals surface area contributed by atoms with E-state index in [9.17, 15) is 16.8 Å². The average molecular weight is 310 g/mol. The minimum Gasteiger partial charge on any atom is -0.399 e. The number of anilines is 2. The normalized spacial score (nSPS) is 12.4. The summed E-state index contributed by atoms with van der Waals surface area (Å²) in [6.45, 7) is -0.148. The Hall–Kier alpha value is -1.36. The van der Waals surface area contributed by atoms with E-state index in [-0.39, 0.29) is 17.9 Å². The lowest BCUT2D eigenvalue weighted by molar-refractivity contribution is 0.482. The summed E-state index contributed by atoms with van der Waals surface area (Å²) in [6.07, 6.45) is 0. The molecule has 1 rings (SSSR count). The van der Waals surface area contributed by atoms with Crippen molar-refractivity contribution >= 4 is 31.6 Å². The van der Waals surface area contributed by atoms with Gasteiger partial charge in [-0.3, -0.25) is 9.11 Å². The van der Waals surface area contributed by atoms with Gasteiger partial charge in [0.25, 0.3) is 20.2 Å². The molecule has 108 valence electrons. The molecule has 0 bridgehead atoms. The number of hydrogen-bond donors (Lipinski definition) is 3. The maximum absolute atomic E-state index is 11.2. The van der Waals surface area contributed by atoms with E-state index in [2.05, 4.69) is 0 Å². The molecule has 0 spiro atoms. The van der Waals surface area contributed by atoms with Gasteiger partial charge in [-0.1, -0.05) is 0 Å². The Kier molecular flexibility index (Phi) is 4.40. The standard InChI is InChI=1S/C9H14N2O6S2/c1-11(4-5-18(12,13)14)8-3-2-7(10)6-9(8)19(15,16)17/h2-3,6H,4-5,10H2,1H3,(H,12,13,14)(H,15,16,17). The third-order valence-corrected chi connectivity index (χ3v) is 3.94. The number of hydrogen-bond acceptors (Lipinski definition) is 6. The van der Waals surface area contributed by atoms with Gasteiger partial charge in [-0.25, -0.2) is 0 Å². The summed E-state index contributed by atoms with van der Waals surface area (Å²) < 4.78 is 61.5. The summed E-state index contributed by atoms with van der Waals surface area (Å²) in [6, 6.07) is 3.81. The highest BCUT2D eigenvalue weighted by molar-refractivity contribution is 7.86. The molecule has 0 aliphatic carbocycles. The van der Waals surface area contributed by atoms with E-state index in [1.165, 1.54) is 24.1 Å². The summed E-state index contributed by atoms with van der Waals surface area (Å²) >= 11 is 0. The molecule has 0 aliphatic heterocycles. The highest BCUT2D eigenvalue weighted by atomic mass is 32.2. The first-order valence-electron chi connectivity index (χ1n) is 5.04. The van der Waals surface area contributed by atoms with Gasteiger partial charge in [0.05, 0.1) is 11.4 Å². The molecular weight excluding hydrogens is 296 g/mol. The number of rotatable bonds is 5. The van der Waals surface area contributed by atoms with Crippen LogP contribution in [0.3, 0.4) is 0 Å². The van der Waals surface area contributed by atoms with Crippen molar-refractivity contribution in [1.29, 1.82) is 0 Å². The Morgan fingerprint density at radius 3 is 2.26 bits per heavy atom. The predicted octanol–water partition coefficient (Wildman–Crippen LogP) is -0.160. The van der Waals surface area contributed by atoms with Gasteiger partial charge in [-0.15, -0.1) is 0 Å². The van der Waals surface area contributed by atoms with E-state index in [4.69, 9.17) is 14.8 Å². The van der Waals surface area contributed by atoms with Gasteiger partial charge in [0.1, 0.15) is 4.90 Å². The summed E-state index contributed by atoms with van der Waals surface area (Å²) in [5, 5.41) is 0. The zero-order valence-electron chi connectivity index (χ0n) is 10.0. The summed E-state index contributed by atoms with van der Waals surface area (Å²) in [5.41, 5.74) is 5.66. The van der Waals surface area contributed by atoms with E-state index < -0.39 is 30.9 Å². The molecule has 1 aromatic rings. The van der Waals surface area contributed by atoms with Crippen LogP contribution < -0.4 is 10.6 Å². The fraction of sp³-hybridized carbons (Fsp3) is 0.333. The lowest BCUT2D eigenvalue weighted by Crippen LogP contribution is -2.26. The Balaban J connectivity index is 3.13. The van der Waals surface area contributed by atoms with Crippen molar-refractivity contribution in [2.24, 2.45) is 0 Å². The largest absolute Gasteiger partial charge is 0.399 e. The second-order valence-corrected chi connectivity index (χ2v) is 6.87. The molecule has 19 heavy (non-hydrogen) atoms. The van der Waals surface area contributed by atoms with E-state index in [1.54, 1.807) is 0 Å². The van der Waals surface area contributed by atoms with Gasteiger partial charge < -0.3 is 10.6 Å². The fourth-order valence-electron chi connectivity index (χ4n) is 1.43. The summed E-state index contributed by atoms with van der Waals surface area (Å²) in [7, 11) is -7.23. The smallest absolute Gasteiger partial charge is 0.296 e. The molecule has 0 saturated heterocycles. The maximum atomic E-state index is 11.2. The molecule has 0 saturated carbocycles. The fourth-order valence-corrected chi connectivity index (χ4v) is 2.70. The van der Waals surface area contributed by atoms with Crippen molar-refractivity contribution < 1.29 is 25.9 Å². The number of benzene rings is 1. The number of nitrogen functional groups attached to an aromatic ring is 1. The van der Waals surface area contributed by atoms with Crippen LogP contribution in [0.2, 0.25) is 0 Å². The van der Waals surface area contributed by atoms with Crippen molar-refractivity contribution in [2.45, 2.75) is 4.90 Å². The molecule has 10 heteroatoms. The highest BCUT2D eigenvalue weighted by Gasteiger charge is 2.19. The minimum atomic E-state index is -4.49. The van der Waals surface area contributed by atoms with Crippen molar-refractivity contribution in [3.63, 3.8) is 0 Å². The third kappa shape index (κ3) is 4.67. The molecule has 0 heterocycles. The van der Waals surface area contributed by atoms with Gasteiger partial charge in [-0.2, -0.15) is 16.8 Å². The molecule has 8 nitrogen and oxygen atoms in total. The van der Waals surface area contributed by atoms with Gasteiger partial charge >= 0.3 is 0 Å². The van der Waals surface area contributed by atoms with Crippen molar-refractivity contribution in [1.82, 2.24) is 0 Å². The Morgan fingerprint density at radius 1 is 1.21 bits per heavy atom. The SMILES string of the molecule is CN(CCS(=O)(=O)O)c1ccc(N)cc1S(=O)(=O)O. The Bertz CT molecular complexity index is 668. The van der Waals surface area contributed by atoms with Crippen LogP contribution in [0.15, 0.2) is 23.1 Å². The predicted molar refractivity (Wildman–Crippen MR) is 70.4 cm³/mol. The molecule has 0 aromatic heterocycles. The molecular formula is C9H14N2O6S2. The second kappa shape index (κ2) is 5.33. The van der Waals surface area contributed by atoms with E-state index in [0.29, 0.717) is 0 Å². The van der Waals surface area contributed by atoms with Crippen molar-refractivity contribution in [3.8, 4) is 0 Å². The van der Waals surface area contributed by atoms with Crippen LogP contribution in [-0.4, -0.2) is 45.3 Å². The Labute approximate surface area is 111 Å². The zero-order valence-corrected chi connectivity index (χ0v) is 11.6. The van der Waals surface area contributed by atoms with E-state index >= 15 is 0 Å². The van der Waals surface area contributed by atoms with Gasteiger partial charge in [0.15, 0.2) is 0 Å². The van der Waals surface area contributed by atoms with Gasteiger partial charge in [-0.05, 0) is 18.2 Å². The van der Waals surface area contributed by atoms with Gasteiger partial charge in [0.2, 0.25) is 0 Å². The summed E-state index contributed by atoms with van der Waals surface area (Å²) in [5.74, 6) is -0.571. The second-order valence-electron chi connectivity index (χ2n) is 3.91. The monoisotopic (exact) mass is 310 g/mol. The first kappa shape index (κ1) is 15.7. The molecule has 0 atom stereocenters. The topological polar surface area (TPSA) is 138 Å². The van der Waals surface area contributed by atoms with E-state index in [0.717, 1.165) is 6.07 Å². The molecule has 0 aliphatic rings. The minimum absolute atomic E-state index is 0.0837. The van der Waals surface area contributed by atoms with Crippen LogP contribution in [0.25, 0.3) is 0 Å². The van der Waals surface area contributed by atoms with Crippen molar-refractivity contribution in [2.75, 3.05) is 30.0 Å². The molecule has 0 fully saturated rings. The quantitative estimate of drug-likeness (QED) is 0.504. The van der Waals surface area contributed by atoms with Crippen LogP contribution in [0, 0.1) is 0 Å². The molecule has 0 amide bonds. The van der Waals surface area contributed by atoms with E-state index in [1.807, 2.05) is 0 Å². The van der Waals surface area contributed by atoms with Gasteiger partial charge in [0, 0.05) is 19.3 Å².